The van der Waals surface area contributed by atoms with Gasteiger partial charge in [-0.25, -0.2) is 4.39 Å². The Labute approximate surface area is 117 Å². The first-order valence-electron chi connectivity index (χ1n) is 6.37. The monoisotopic (exact) mass is 279 g/mol. The van der Waals surface area contributed by atoms with Crippen molar-refractivity contribution in [2.45, 2.75) is 19.4 Å². The van der Waals surface area contributed by atoms with Crippen LogP contribution < -0.4 is 4.74 Å². The molecule has 1 N–H and O–H groups in total. The lowest BCUT2D eigenvalue weighted by Crippen LogP contribution is -2.41. The zero-order valence-corrected chi connectivity index (χ0v) is 11.8. The molecule has 20 heavy (non-hydrogen) atoms. The van der Waals surface area contributed by atoms with E-state index in [2.05, 4.69) is 0 Å². The van der Waals surface area contributed by atoms with Gasteiger partial charge in [-0.05, 0) is 38.1 Å². The zero-order chi connectivity index (χ0) is 14.9. The first-order valence-corrected chi connectivity index (χ1v) is 6.37. The molecule has 0 aromatic heterocycles. The Morgan fingerprint density at radius 1 is 1.50 bits per heavy atom. The van der Waals surface area contributed by atoms with Crippen molar-refractivity contribution in [3.63, 3.8) is 0 Å². The van der Waals surface area contributed by atoms with Gasteiger partial charge in [0.1, 0.15) is 18.2 Å². The summed E-state index contributed by atoms with van der Waals surface area (Å²) in [5, 5.41) is 9.74. The molecule has 108 valence electrons. The molecule has 1 aromatic rings. The highest BCUT2D eigenvalue weighted by molar-refractivity contribution is 5.99. The molecule has 0 bridgehead atoms. The number of carbonyl (C=O) groups excluding carboxylic acids is 1. The van der Waals surface area contributed by atoms with Crippen LogP contribution in [0, 0.1) is 5.82 Å². The number of aliphatic hydroxyl groups is 1. The zero-order valence-electron chi connectivity index (χ0n) is 11.8. The van der Waals surface area contributed by atoms with Gasteiger partial charge in [-0.1, -0.05) is 0 Å². The largest absolute Gasteiger partial charge is 0.488 e. The Balaban J connectivity index is 2.20. The first kappa shape index (κ1) is 14.5. The normalized spacial score (nSPS) is 14.2. The fourth-order valence-electron chi connectivity index (χ4n) is 2.17. The number of hydrogen-bond acceptors (Lipinski definition) is 3. The summed E-state index contributed by atoms with van der Waals surface area (Å²) < 4.78 is 18.6. The fourth-order valence-corrected chi connectivity index (χ4v) is 2.17. The van der Waals surface area contributed by atoms with Crippen molar-refractivity contribution in [3.05, 3.63) is 35.2 Å². The molecule has 0 aliphatic carbocycles. The molecule has 0 saturated heterocycles. The smallest absolute Gasteiger partial charge is 0.253 e. The summed E-state index contributed by atoms with van der Waals surface area (Å²) in [5.74, 6) is -0.0442. The van der Waals surface area contributed by atoms with E-state index in [0.717, 1.165) is 0 Å². The molecule has 0 spiro atoms. The van der Waals surface area contributed by atoms with E-state index in [1.54, 1.807) is 33.0 Å². The summed E-state index contributed by atoms with van der Waals surface area (Å²) >= 11 is 0. The highest BCUT2D eigenvalue weighted by atomic mass is 19.1. The van der Waals surface area contributed by atoms with E-state index in [1.165, 1.54) is 17.0 Å². The summed E-state index contributed by atoms with van der Waals surface area (Å²) in [6, 6.07) is 4.20. The van der Waals surface area contributed by atoms with Gasteiger partial charge < -0.3 is 14.7 Å². The van der Waals surface area contributed by atoms with Gasteiger partial charge >= 0.3 is 0 Å². The van der Waals surface area contributed by atoms with Crippen molar-refractivity contribution in [2.75, 3.05) is 20.2 Å². The van der Waals surface area contributed by atoms with Crippen molar-refractivity contribution >= 4 is 12.0 Å². The molecule has 1 aliphatic heterocycles. The van der Waals surface area contributed by atoms with Crippen LogP contribution in [0.2, 0.25) is 0 Å². The maximum atomic E-state index is 13.2. The topological polar surface area (TPSA) is 49.8 Å². The van der Waals surface area contributed by atoms with Gasteiger partial charge in [0.2, 0.25) is 0 Å². The Hall–Kier alpha value is -1.88. The lowest BCUT2D eigenvalue weighted by Gasteiger charge is -2.27. The number of halogens is 1. The number of ether oxygens (including phenoxy) is 1. The third-order valence-corrected chi connectivity index (χ3v) is 2.93. The lowest BCUT2D eigenvalue weighted by molar-refractivity contribution is -0.128. The Morgan fingerprint density at radius 3 is 2.85 bits per heavy atom. The number of amides is 1. The molecule has 2 rings (SSSR count). The molecule has 1 amide bonds. The number of rotatable bonds is 3. The fraction of sp³-hybridized carbons (Fsp3) is 0.400. The van der Waals surface area contributed by atoms with Crippen molar-refractivity contribution in [2.24, 2.45) is 0 Å². The molecular formula is C15H18FNO3. The van der Waals surface area contributed by atoms with Crippen LogP contribution >= 0.6 is 0 Å². The van der Waals surface area contributed by atoms with E-state index < -0.39 is 5.60 Å². The van der Waals surface area contributed by atoms with Gasteiger partial charge in [0, 0.05) is 19.2 Å². The van der Waals surface area contributed by atoms with E-state index in [0.29, 0.717) is 16.9 Å². The molecule has 5 heteroatoms. The summed E-state index contributed by atoms with van der Waals surface area (Å²) in [6.07, 6.45) is 1.63. The first-order chi connectivity index (χ1) is 9.26. The maximum absolute atomic E-state index is 13.2. The molecule has 0 unspecified atom stereocenters. The molecule has 0 fully saturated rings. The standard InChI is InChI=1S/C15H18FNO3/c1-15(2,19)9-17(3)14(18)11-6-10-7-12(16)4-5-13(10)20-8-11/h4-7,19H,8-9H2,1-3H3. The SMILES string of the molecule is CN(CC(C)(C)O)C(=O)C1=Cc2cc(F)ccc2OC1. The van der Waals surface area contributed by atoms with Gasteiger partial charge in [0.05, 0.1) is 11.2 Å². The van der Waals surface area contributed by atoms with Crippen LogP contribution in [0.1, 0.15) is 19.4 Å². The van der Waals surface area contributed by atoms with E-state index in [1.807, 2.05) is 0 Å². The second-order valence-corrected chi connectivity index (χ2v) is 5.61. The summed E-state index contributed by atoms with van der Waals surface area (Å²) in [6.45, 7) is 3.62. The van der Waals surface area contributed by atoms with Gasteiger partial charge in [-0.2, -0.15) is 0 Å². The van der Waals surface area contributed by atoms with Crippen LogP contribution in [0.5, 0.6) is 5.75 Å². The van der Waals surface area contributed by atoms with Crippen molar-refractivity contribution in [1.82, 2.24) is 4.90 Å². The van der Waals surface area contributed by atoms with Crippen LogP contribution in [0.15, 0.2) is 23.8 Å². The highest BCUT2D eigenvalue weighted by Gasteiger charge is 2.24. The minimum Gasteiger partial charge on any atom is -0.488 e. The molecule has 1 heterocycles. The third-order valence-electron chi connectivity index (χ3n) is 2.93. The molecule has 1 aromatic carbocycles. The second kappa shape index (κ2) is 5.25. The number of likely N-dealkylation sites (N-methyl/N-ethyl adjacent to an activating group) is 1. The molecule has 0 radical (unpaired) electrons. The van der Waals surface area contributed by atoms with Crippen LogP contribution in [-0.4, -0.2) is 41.7 Å². The van der Waals surface area contributed by atoms with Crippen molar-refractivity contribution < 1.29 is 19.0 Å². The van der Waals surface area contributed by atoms with E-state index in [-0.39, 0.29) is 24.9 Å². The third kappa shape index (κ3) is 3.36. The lowest BCUT2D eigenvalue weighted by atomic mass is 10.1. The average Bonchev–Trinajstić information content (AvgIpc) is 2.34. The molecule has 0 saturated carbocycles. The number of fused-ring (bicyclic) bond motifs is 1. The van der Waals surface area contributed by atoms with Crippen LogP contribution in [-0.2, 0) is 4.79 Å². The summed E-state index contributed by atoms with van der Waals surface area (Å²) in [5.41, 5.74) is 0.0240. The quantitative estimate of drug-likeness (QED) is 0.918. The Kier molecular flexibility index (Phi) is 3.81. The molecule has 4 nitrogen and oxygen atoms in total. The number of hydrogen-bond donors (Lipinski definition) is 1. The average molecular weight is 279 g/mol. The molecular weight excluding hydrogens is 261 g/mol. The van der Waals surface area contributed by atoms with Gasteiger partial charge in [-0.15, -0.1) is 0 Å². The van der Waals surface area contributed by atoms with Crippen molar-refractivity contribution in [1.29, 1.82) is 0 Å². The minimum absolute atomic E-state index is 0.146. The van der Waals surface area contributed by atoms with Gasteiger partial charge in [-0.3, -0.25) is 4.79 Å². The van der Waals surface area contributed by atoms with Gasteiger partial charge in [0.15, 0.2) is 0 Å². The summed E-state index contributed by atoms with van der Waals surface area (Å²) in [4.78, 5) is 13.7. The van der Waals surface area contributed by atoms with Crippen molar-refractivity contribution in [3.8, 4) is 5.75 Å². The predicted octanol–water partition coefficient (Wildman–Crippen LogP) is 1.83. The minimum atomic E-state index is -0.968. The number of nitrogens with zero attached hydrogens (tertiary/aromatic N) is 1. The number of benzene rings is 1. The molecule has 0 atom stereocenters. The van der Waals surface area contributed by atoms with Crippen LogP contribution in [0.4, 0.5) is 4.39 Å². The maximum Gasteiger partial charge on any atom is 0.253 e. The van der Waals surface area contributed by atoms with E-state index in [9.17, 15) is 14.3 Å². The number of carbonyl (C=O) groups is 1. The Bertz CT molecular complexity index is 561. The van der Waals surface area contributed by atoms with E-state index in [4.69, 9.17) is 4.74 Å². The predicted molar refractivity (Wildman–Crippen MR) is 73.8 cm³/mol. The Morgan fingerprint density at radius 2 is 2.20 bits per heavy atom. The second-order valence-electron chi connectivity index (χ2n) is 5.61. The van der Waals surface area contributed by atoms with Crippen LogP contribution in [0.25, 0.3) is 6.08 Å². The molecule has 1 aliphatic rings. The van der Waals surface area contributed by atoms with Gasteiger partial charge in [0.25, 0.3) is 5.91 Å². The summed E-state index contributed by atoms with van der Waals surface area (Å²) in [7, 11) is 1.61. The highest BCUT2D eigenvalue weighted by Crippen LogP contribution is 2.27. The van der Waals surface area contributed by atoms with E-state index >= 15 is 0 Å². The van der Waals surface area contributed by atoms with Crippen LogP contribution in [0.3, 0.4) is 0 Å².